The molecule has 0 bridgehead atoms. The largest absolute Gasteiger partial charge is 0.465 e. The molecular weight excluding hydrogens is 190 g/mol. The van der Waals surface area contributed by atoms with Crippen molar-refractivity contribution in [3.8, 4) is 6.07 Å². The van der Waals surface area contributed by atoms with E-state index in [0.717, 1.165) is 5.57 Å². The second-order valence-corrected chi connectivity index (χ2v) is 3.04. The Kier molecular flexibility index (Phi) is 3.64. The average molecular weight is 201 g/mol. The van der Waals surface area contributed by atoms with Crippen LogP contribution in [0.25, 0.3) is 0 Å². The van der Waals surface area contributed by atoms with Crippen LogP contribution < -0.4 is 0 Å². The Bertz CT molecular complexity index is 431. The molecular formula is C12H11NO2. The van der Waals surface area contributed by atoms with Crippen molar-refractivity contribution >= 4 is 5.97 Å². The maximum absolute atomic E-state index is 11.2. The molecule has 0 aromatic rings. The lowest BCUT2D eigenvalue weighted by atomic mass is 10.1. The Hall–Kier alpha value is -2.08. The van der Waals surface area contributed by atoms with Gasteiger partial charge in [0.15, 0.2) is 0 Å². The summed E-state index contributed by atoms with van der Waals surface area (Å²) in [6, 6.07) is 1.84. The van der Waals surface area contributed by atoms with Gasteiger partial charge in [-0.3, -0.25) is 0 Å². The molecule has 3 nitrogen and oxygen atoms in total. The van der Waals surface area contributed by atoms with Gasteiger partial charge in [0.25, 0.3) is 0 Å². The maximum atomic E-state index is 11.2. The standard InChI is InChI=1S/C12H11NO2/c1-9-4-3-5-10(7-6-9)11(8-13)12(14)15-2/h3-7H,1-2H3/b11-10-. The summed E-state index contributed by atoms with van der Waals surface area (Å²) in [7, 11) is 1.26. The van der Waals surface area contributed by atoms with E-state index in [-0.39, 0.29) is 5.57 Å². The van der Waals surface area contributed by atoms with Crippen molar-refractivity contribution in [1.82, 2.24) is 0 Å². The van der Waals surface area contributed by atoms with Crippen LogP contribution in [0.1, 0.15) is 6.92 Å². The summed E-state index contributed by atoms with van der Waals surface area (Å²) in [4.78, 5) is 11.2. The topological polar surface area (TPSA) is 50.1 Å². The number of methoxy groups -OCH3 is 1. The van der Waals surface area contributed by atoms with Gasteiger partial charge in [-0.1, -0.05) is 36.0 Å². The highest BCUT2D eigenvalue weighted by atomic mass is 16.5. The fourth-order valence-electron chi connectivity index (χ4n) is 1.13. The summed E-state index contributed by atoms with van der Waals surface area (Å²) in [6.07, 6.45) is 8.98. The van der Waals surface area contributed by atoms with E-state index in [4.69, 9.17) is 5.26 Å². The SMILES string of the molecule is COC(=O)/C(C#N)=C1/C=CC=C(C)C=C1. The number of esters is 1. The highest BCUT2D eigenvalue weighted by Gasteiger charge is 2.12. The minimum Gasteiger partial charge on any atom is -0.465 e. The van der Waals surface area contributed by atoms with Crippen molar-refractivity contribution in [3.05, 3.63) is 47.1 Å². The summed E-state index contributed by atoms with van der Waals surface area (Å²) in [5.74, 6) is -0.610. The zero-order chi connectivity index (χ0) is 11.3. The predicted octanol–water partition coefficient (Wildman–Crippen LogP) is 2.05. The monoisotopic (exact) mass is 201 g/mol. The molecule has 0 unspecified atom stereocenters. The van der Waals surface area contributed by atoms with Crippen LogP contribution in [0.3, 0.4) is 0 Å². The van der Waals surface area contributed by atoms with Crippen LogP contribution in [0.4, 0.5) is 0 Å². The molecule has 0 heterocycles. The number of carbonyl (C=O) groups excluding carboxylic acids is 1. The fourth-order valence-corrected chi connectivity index (χ4v) is 1.13. The summed E-state index contributed by atoms with van der Waals surface area (Å²) >= 11 is 0. The van der Waals surface area contributed by atoms with Gasteiger partial charge >= 0.3 is 5.97 Å². The predicted molar refractivity (Wildman–Crippen MR) is 56.7 cm³/mol. The summed E-state index contributed by atoms with van der Waals surface area (Å²) < 4.78 is 4.52. The molecule has 0 aliphatic heterocycles. The molecule has 0 aromatic carbocycles. The molecule has 0 atom stereocenters. The van der Waals surface area contributed by atoms with Crippen molar-refractivity contribution in [1.29, 1.82) is 5.26 Å². The van der Waals surface area contributed by atoms with Crippen molar-refractivity contribution in [2.45, 2.75) is 6.92 Å². The van der Waals surface area contributed by atoms with Crippen LogP contribution in [-0.2, 0) is 9.53 Å². The number of hydrogen-bond acceptors (Lipinski definition) is 3. The highest BCUT2D eigenvalue weighted by molar-refractivity contribution is 5.94. The summed E-state index contributed by atoms with van der Waals surface area (Å²) in [5.41, 5.74) is 1.65. The number of hydrogen-bond donors (Lipinski definition) is 0. The Morgan fingerprint density at radius 1 is 1.40 bits per heavy atom. The molecule has 0 N–H and O–H groups in total. The minimum absolute atomic E-state index is 0.0214. The molecule has 76 valence electrons. The zero-order valence-corrected chi connectivity index (χ0v) is 8.65. The molecule has 1 aliphatic carbocycles. The van der Waals surface area contributed by atoms with Crippen LogP contribution in [0.15, 0.2) is 47.1 Å². The molecule has 0 saturated heterocycles. The van der Waals surface area contributed by atoms with E-state index in [1.807, 2.05) is 25.1 Å². The lowest BCUT2D eigenvalue weighted by Gasteiger charge is -1.99. The second kappa shape index (κ2) is 4.97. The first-order valence-electron chi connectivity index (χ1n) is 4.44. The third-order valence-electron chi connectivity index (χ3n) is 1.95. The van der Waals surface area contributed by atoms with Crippen LogP contribution >= 0.6 is 0 Å². The third kappa shape index (κ3) is 2.68. The molecule has 1 rings (SSSR count). The van der Waals surface area contributed by atoms with Gasteiger partial charge in [-0.15, -0.1) is 0 Å². The quantitative estimate of drug-likeness (QED) is 0.370. The van der Waals surface area contributed by atoms with E-state index in [2.05, 4.69) is 4.74 Å². The first-order valence-corrected chi connectivity index (χ1v) is 4.44. The van der Waals surface area contributed by atoms with E-state index in [0.29, 0.717) is 5.57 Å². The molecule has 3 heteroatoms. The number of ether oxygens (including phenoxy) is 1. The Morgan fingerprint density at radius 3 is 2.73 bits per heavy atom. The van der Waals surface area contributed by atoms with Gasteiger partial charge in [0.1, 0.15) is 11.6 Å². The van der Waals surface area contributed by atoms with Crippen LogP contribution in [-0.4, -0.2) is 13.1 Å². The van der Waals surface area contributed by atoms with Gasteiger partial charge in [-0.2, -0.15) is 5.26 Å². The number of rotatable bonds is 1. The lowest BCUT2D eigenvalue weighted by molar-refractivity contribution is -0.135. The van der Waals surface area contributed by atoms with Gasteiger partial charge in [0.2, 0.25) is 0 Å². The van der Waals surface area contributed by atoms with Gasteiger partial charge < -0.3 is 4.74 Å². The molecule has 0 radical (unpaired) electrons. The Balaban J connectivity index is 3.16. The van der Waals surface area contributed by atoms with Crippen molar-refractivity contribution in [3.63, 3.8) is 0 Å². The minimum atomic E-state index is -0.610. The molecule has 0 amide bonds. The van der Waals surface area contributed by atoms with Crippen molar-refractivity contribution < 1.29 is 9.53 Å². The van der Waals surface area contributed by atoms with Gasteiger partial charge in [-0.25, -0.2) is 4.79 Å². The average Bonchev–Trinajstić information content (AvgIpc) is 2.45. The molecule has 0 spiro atoms. The Labute approximate surface area is 88.7 Å². The molecule has 0 aromatic heterocycles. The third-order valence-corrected chi connectivity index (χ3v) is 1.95. The van der Waals surface area contributed by atoms with Crippen molar-refractivity contribution in [2.24, 2.45) is 0 Å². The maximum Gasteiger partial charge on any atom is 0.349 e. The fraction of sp³-hybridized carbons (Fsp3) is 0.167. The van der Waals surface area contributed by atoms with Crippen LogP contribution in [0.2, 0.25) is 0 Å². The first-order chi connectivity index (χ1) is 7.19. The molecule has 1 aliphatic rings. The van der Waals surface area contributed by atoms with Gasteiger partial charge in [-0.05, 0) is 12.5 Å². The highest BCUT2D eigenvalue weighted by Crippen LogP contribution is 2.14. The van der Waals surface area contributed by atoms with E-state index < -0.39 is 5.97 Å². The normalized spacial score (nSPS) is 17.5. The van der Waals surface area contributed by atoms with E-state index in [9.17, 15) is 4.79 Å². The zero-order valence-electron chi connectivity index (χ0n) is 8.65. The summed E-state index contributed by atoms with van der Waals surface area (Å²) in [6.45, 7) is 1.94. The summed E-state index contributed by atoms with van der Waals surface area (Å²) in [5, 5.41) is 8.84. The molecule has 0 fully saturated rings. The van der Waals surface area contributed by atoms with Crippen LogP contribution in [0.5, 0.6) is 0 Å². The number of nitrogens with zero attached hydrogens (tertiary/aromatic N) is 1. The molecule has 15 heavy (non-hydrogen) atoms. The number of allylic oxidation sites excluding steroid dienone is 7. The van der Waals surface area contributed by atoms with Gasteiger partial charge in [0, 0.05) is 0 Å². The van der Waals surface area contributed by atoms with E-state index >= 15 is 0 Å². The van der Waals surface area contributed by atoms with E-state index in [1.54, 1.807) is 18.2 Å². The van der Waals surface area contributed by atoms with E-state index in [1.165, 1.54) is 7.11 Å². The Morgan fingerprint density at radius 2 is 2.13 bits per heavy atom. The smallest absolute Gasteiger partial charge is 0.349 e. The number of nitriles is 1. The first kappa shape index (κ1) is 11.0. The lowest BCUT2D eigenvalue weighted by Crippen LogP contribution is -2.04. The molecule has 0 saturated carbocycles. The number of carbonyl (C=O) groups is 1. The van der Waals surface area contributed by atoms with Gasteiger partial charge in [0.05, 0.1) is 7.11 Å². The van der Waals surface area contributed by atoms with Crippen LogP contribution in [0, 0.1) is 11.3 Å². The van der Waals surface area contributed by atoms with Crippen molar-refractivity contribution in [2.75, 3.05) is 7.11 Å². The second-order valence-electron chi connectivity index (χ2n) is 3.04.